The van der Waals surface area contributed by atoms with Gasteiger partial charge >= 0.3 is 5.97 Å². The first-order valence-electron chi connectivity index (χ1n) is 6.19. The van der Waals surface area contributed by atoms with E-state index in [4.69, 9.17) is 5.11 Å². The third-order valence-corrected chi connectivity index (χ3v) is 4.27. The van der Waals surface area contributed by atoms with Crippen molar-refractivity contribution in [2.75, 3.05) is 5.75 Å². The van der Waals surface area contributed by atoms with Gasteiger partial charge < -0.3 is 5.11 Å². The number of carbonyl (C=O) groups is 1. The molecule has 102 valence electrons. The summed E-state index contributed by atoms with van der Waals surface area (Å²) in [6, 6.07) is 10.6. The second-order valence-corrected chi connectivity index (χ2v) is 5.55. The third-order valence-electron chi connectivity index (χ3n) is 3.17. The fraction of sp³-hybridized carbons (Fsp3) is 0.214. The van der Waals surface area contributed by atoms with Crippen molar-refractivity contribution >= 4 is 17.7 Å². The first-order chi connectivity index (χ1) is 9.65. The van der Waals surface area contributed by atoms with E-state index in [9.17, 15) is 9.59 Å². The van der Waals surface area contributed by atoms with Crippen molar-refractivity contribution < 1.29 is 9.90 Å². The molecule has 1 atom stereocenters. The Bertz CT molecular complexity index is 712. The zero-order chi connectivity index (χ0) is 14.1. The molecule has 0 bridgehead atoms. The maximum atomic E-state index is 12.2. The van der Waals surface area contributed by atoms with Crippen molar-refractivity contribution in [3.8, 4) is 11.3 Å². The lowest BCUT2D eigenvalue weighted by atomic mass is 10.1. The molecular formula is C14H12N2O3S. The van der Waals surface area contributed by atoms with Gasteiger partial charge in [0.25, 0.3) is 5.56 Å². The Kier molecular flexibility index (Phi) is 3.31. The molecule has 1 aromatic carbocycles. The largest absolute Gasteiger partial charge is 0.481 e. The van der Waals surface area contributed by atoms with Crippen molar-refractivity contribution in [1.82, 2.24) is 9.55 Å². The van der Waals surface area contributed by atoms with Gasteiger partial charge in [-0.1, -0.05) is 42.1 Å². The van der Waals surface area contributed by atoms with Crippen molar-refractivity contribution in [2.45, 2.75) is 17.6 Å². The van der Waals surface area contributed by atoms with E-state index < -0.39 is 5.97 Å². The maximum absolute atomic E-state index is 12.2. The highest BCUT2D eigenvalue weighted by molar-refractivity contribution is 7.99. The van der Waals surface area contributed by atoms with Crippen LogP contribution in [0.1, 0.15) is 12.5 Å². The molecule has 2 heterocycles. The molecule has 0 fully saturated rings. The average Bonchev–Trinajstić information content (AvgIpc) is 2.82. The first kappa shape index (κ1) is 12.9. The first-order valence-corrected chi connectivity index (χ1v) is 7.17. The van der Waals surface area contributed by atoms with Gasteiger partial charge in [0.2, 0.25) is 0 Å². The van der Waals surface area contributed by atoms with Gasteiger partial charge in [-0.25, -0.2) is 4.98 Å². The van der Waals surface area contributed by atoms with Crippen LogP contribution >= 0.6 is 11.8 Å². The minimum Gasteiger partial charge on any atom is -0.481 e. The van der Waals surface area contributed by atoms with E-state index in [0.29, 0.717) is 16.6 Å². The predicted octanol–water partition coefficient (Wildman–Crippen LogP) is 2.03. The number of hydrogen-bond donors (Lipinski definition) is 1. The van der Waals surface area contributed by atoms with Crippen LogP contribution < -0.4 is 5.56 Å². The minimum atomic E-state index is -0.900. The lowest BCUT2D eigenvalue weighted by molar-refractivity contribution is -0.137. The van der Waals surface area contributed by atoms with Crippen LogP contribution in [-0.2, 0) is 4.79 Å². The van der Waals surface area contributed by atoms with Gasteiger partial charge in [0.15, 0.2) is 5.16 Å². The van der Waals surface area contributed by atoms with Crippen molar-refractivity contribution in [3.05, 3.63) is 46.8 Å². The van der Waals surface area contributed by atoms with Crippen LogP contribution in [0.25, 0.3) is 11.3 Å². The second-order valence-electron chi connectivity index (χ2n) is 4.56. The number of benzene rings is 1. The summed E-state index contributed by atoms with van der Waals surface area (Å²) in [6.07, 6.45) is -0.0493. The van der Waals surface area contributed by atoms with Gasteiger partial charge in [-0.3, -0.25) is 14.2 Å². The van der Waals surface area contributed by atoms with E-state index >= 15 is 0 Å². The second kappa shape index (κ2) is 5.13. The topological polar surface area (TPSA) is 72.2 Å². The van der Waals surface area contributed by atoms with Gasteiger partial charge in [0.1, 0.15) is 0 Å². The van der Waals surface area contributed by atoms with Crippen LogP contribution in [-0.4, -0.2) is 26.4 Å². The molecule has 1 aromatic heterocycles. The van der Waals surface area contributed by atoms with Gasteiger partial charge in [0, 0.05) is 17.4 Å². The summed E-state index contributed by atoms with van der Waals surface area (Å²) in [4.78, 5) is 27.5. The molecule has 0 aliphatic carbocycles. The van der Waals surface area contributed by atoms with Crippen LogP contribution in [0.3, 0.4) is 0 Å². The Morgan fingerprint density at radius 2 is 2.15 bits per heavy atom. The summed E-state index contributed by atoms with van der Waals surface area (Å²) >= 11 is 1.43. The van der Waals surface area contributed by atoms with Gasteiger partial charge in [-0.05, 0) is 0 Å². The number of carboxylic acids is 1. The summed E-state index contributed by atoms with van der Waals surface area (Å²) in [7, 11) is 0. The smallest absolute Gasteiger partial charge is 0.305 e. The number of nitrogens with zero attached hydrogens (tertiary/aromatic N) is 2. The minimum absolute atomic E-state index is 0.0493. The van der Waals surface area contributed by atoms with Crippen molar-refractivity contribution in [3.63, 3.8) is 0 Å². The molecule has 0 radical (unpaired) electrons. The Morgan fingerprint density at radius 1 is 1.40 bits per heavy atom. The quantitative estimate of drug-likeness (QED) is 0.875. The molecule has 1 aliphatic heterocycles. The van der Waals surface area contributed by atoms with Crippen LogP contribution in [0.2, 0.25) is 0 Å². The molecule has 5 nitrogen and oxygen atoms in total. The summed E-state index contributed by atoms with van der Waals surface area (Å²) < 4.78 is 1.49. The highest BCUT2D eigenvalue weighted by Gasteiger charge is 2.27. The lowest BCUT2D eigenvalue weighted by Crippen LogP contribution is -2.25. The standard InChI is InChI=1S/C14H12N2O3S/c17-12-7-11(9-4-2-1-3-5-9)15-14-16(12)10(8-20-14)6-13(18)19/h1-5,7,10H,6,8H2,(H,18,19)/t10-/m1/s1. The monoisotopic (exact) mass is 288 g/mol. The van der Waals surface area contributed by atoms with Gasteiger partial charge in [-0.2, -0.15) is 0 Å². The normalized spacial score (nSPS) is 16.9. The zero-order valence-electron chi connectivity index (χ0n) is 10.5. The third kappa shape index (κ3) is 2.34. The molecule has 3 rings (SSSR count). The van der Waals surface area contributed by atoms with Crippen molar-refractivity contribution in [2.24, 2.45) is 0 Å². The van der Waals surface area contributed by atoms with Crippen LogP contribution in [0.4, 0.5) is 0 Å². The van der Waals surface area contributed by atoms with Crippen molar-refractivity contribution in [1.29, 1.82) is 0 Å². The molecule has 0 saturated heterocycles. The van der Waals surface area contributed by atoms with E-state index in [1.165, 1.54) is 22.4 Å². The predicted molar refractivity (Wildman–Crippen MR) is 75.9 cm³/mol. The summed E-state index contributed by atoms with van der Waals surface area (Å²) in [6.45, 7) is 0. The molecule has 20 heavy (non-hydrogen) atoms. The molecule has 0 spiro atoms. The molecule has 0 amide bonds. The fourth-order valence-corrected chi connectivity index (χ4v) is 3.41. The number of aliphatic carboxylic acids is 1. The number of carboxylic acid groups (broad SMARTS) is 1. The molecular weight excluding hydrogens is 276 g/mol. The molecule has 0 unspecified atom stereocenters. The molecule has 0 saturated carbocycles. The van der Waals surface area contributed by atoms with Gasteiger partial charge in [-0.15, -0.1) is 0 Å². The van der Waals surface area contributed by atoms with E-state index in [1.54, 1.807) is 0 Å². The highest BCUT2D eigenvalue weighted by atomic mass is 32.2. The SMILES string of the molecule is O=C(O)C[C@@H]1CSc2nc(-c3ccccc3)cc(=O)n21. The summed E-state index contributed by atoms with van der Waals surface area (Å²) in [5, 5.41) is 9.48. The fourth-order valence-electron chi connectivity index (χ4n) is 2.26. The van der Waals surface area contributed by atoms with E-state index in [1.807, 2.05) is 30.3 Å². The molecule has 6 heteroatoms. The van der Waals surface area contributed by atoms with E-state index in [2.05, 4.69) is 4.98 Å². The van der Waals surface area contributed by atoms with E-state index in [-0.39, 0.29) is 18.0 Å². The average molecular weight is 288 g/mol. The molecule has 2 aromatic rings. The van der Waals surface area contributed by atoms with Crippen LogP contribution in [0.5, 0.6) is 0 Å². The number of aromatic nitrogens is 2. The van der Waals surface area contributed by atoms with Crippen LogP contribution in [0.15, 0.2) is 46.3 Å². The van der Waals surface area contributed by atoms with E-state index in [0.717, 1.165) is 5.56 Å². The number of thioether (sulfide) groups is 1. The zero-order valence-corrected chi connectivity index (χ0v) is 11.3. The Morgan fingerprint density at radius 3 is 2.85 bits per heavy atom. The Labute approximate surface area is 119 Å². The van der Waals surface area contributed by atoms with Crippen LogP contribution in [0, 0.1) is 0 Å². The number of rotatable bonds is 3. The number of fused-ring (bicyclic) bond motifs is 1. The maximum Gasteiger partial charge on any atom is 0.305 e. The summed E-state index contributed by atoms with van der Waals surface area (Å²) in [5.74, 6) is -0.324. The van der Waals surface area contributed by atoms with Gasteiger partial charge in [0.05, 0.1) is 18.2 Å². The molecule has 1 N–H and O–H groups in total. The highest BCUT2D eigenvalue weighted by Crippen LogP contribution is 2.33. The molecule has 1 aliphatic rings. The Hall–Kier alpha value is -2.08. The summed E-state index contributed by atoms with van der Waals surface area (Å²) in [5.41, 5.74) is 1.32. The Balaban J connectivity index is 2.03. The number of hydrogen-bond acceptors (Lipinski definition) is 4. The lowest BCUT2D eigenvalue weighted by Gasteiger charge is -2.11.